The first-order valence-corrected chi connectivity index (χ1v) is 13.8. The van der Waals surface area contributed by atoms with Crippen molar-refractivity contribution in [1.29, 1.82) is 0 Å². The van der Waals surface area contributed by atoms with Gasteiger partial charge in [0.2, 0.25) is 5.91 Å². The van der Waals surface area contributed by atoms with Gasteiger partial charge in [-0.2, -0.15) is 0 Å². The number of nitrogens with zero attached hydrogens (tertiary/aromatic N) is 3. The lowest BCUT2D eigenvalue weighted by atomic mass is 10.0. The molecule has 1 amide bonds. The molecule has 0 fully saturated rings. The van der Waals surface area contributed by atoms with Crippen LogP contribution in [0.25, 0.3) is 11.1 Å². The van der Waals surface area contributed by atoms with Gasteiger partial charge in [-0.1, -0.05) is 35.5 Å². The van der Waals surface area contributed by atoms with Crippen molar-refractivity contribution in [3.63, 3.8) is 0 Å². The maximum Gasteiger partial charge on any atom is 0.341 e. The highest BCUT2D eigenvalue weighted by Crippen LogP contribution is 2.37. The molecule has 1 atom stereocenters. The summed E-state index contributed by atoms with van der Waals surface area (Å²) in [5.41, 5.74) is 1.71. The summed E-state index contributed by atoms with van der Waals surface area (Å²) in [5.74, 6) is -0.0783. The number of anilines is 1. The maximum absolute atomic E-state index is 13.2. The Bertz CT molecular complexity index is 1420. The number of amides is 1. The number of thiophene rings is 1. The van der Waals surface area contributed by atoms with Crippen LogP contribution in [0.15, 0.2) is 59.1 Å². The minimum absolute atomic E-state index is 0.0418. The monoisotopic (exact) mass is 574 g/mol. The summed E-state index contributed by atoms with van der Waals surface area (Å²) in [6.07, 6.45) is -0.448. The Labute approximate surface area is 232 Å². The molecule has 2 aromatic carbocycles. The second kappa shape index (κ2) is 12.4. The molecule has 1 unspecified atom stereocenters. The first kappa shape index (κ1) is 27.6. The van der Waals surface area contributed by atoms with Crippen LogP contribution in [0.3, 0.4) is 0 Å². The number of hydrogen-bond acceptors (Lipinski definition) is 8. The fourth-order valence-corrected chi connectivity index (χ4v) is 5.57. The Hall–Kier alpha value is -3.41. The lowest BCUT2D eigenvalue weighted by Crippen LogP contribution is -2.17. The van der Waals surface area contributed by atoms with E-state index in [0.717, 1.165) is 5.56 Å². The van der Waals surface area contributed by atoms with Gasteiger partial charge in [0, 0.05) is 22.5 Å². The van der Waals surface area contributed by atoms with Crippen LogP contribution in [-0.2, 0) is 16.1 Å². The molecule has 2 heterocycles. The molecule has 4 aromatic rings. The normalized spacial score (nSPS) is 11.7. The number of carbonyl (C=O) groups is 2. The number of esters is 1. The zero-order valence-electron chi connectivity index (χ0n) is 20.7. The summed E-state index contributed by atoms with van der Waals surface area (Å²) < 4.78 is 25.9. The minimum atomic E-state index is -0.551. The molecule has 8 nitrogen and oxygen atoms in total. The number of rotatable bonds is 10. The zero-order chi connectivity index (χ0) is 27.2. The largest absolute Gasteiger partial charge is 0.483 e. The second-order valence-electron chi connectivity index (χ2n) is 7.99. The Balaban J connectivity index is 1.45. The SMILES string of the molecule is CCn1c(SCC(=O)Nc2scc(-c3ccc(Cl)cc3)c2C(=O)OC)nnc1C(C)Oc1ccc(F)cc1. The highest BCUT2D eigenvalue weighted by atomic mass is 35.5. The molecule has 0 bridgehead atoms. The lowest BCUT2D eigenvalue weighted by molar-refractivity contribution is -0.113. The highest BCUT2D eigenvalue weighted by molar-refractivity contribution is 7.99. The molecule has 198 valence electrons. The zero-order valence-corrected chi connectivity index (χ0v) is 23.1. The van der Waals surface area contributed by atoms with E-state index in [9.17, 15) is 14.0 Å². The van der Waals surface area contributed by atoms with Crippen LogP contribution >= 0.6 is 34.7 Å². The molecule has 0 aliphatic rings. The van der Waals surface area contributed by atoms with Gasteiger partial charge in [-0.05, 0) is 55.8 Å². The minimum Gasteiger partial charge on any atom is -0.483 e. The van der Waals surface area contributed by atoms with Crippen molar-refractivity contribution < 1.29 is 23.5 Å². The Morgan fingerprint density at radius 1 is 1.16 bits per heavy atom. The molecule has 0 spiro atoms. The van der Waals surface area contributed by atoms with Gasteiger partial charge in [-0.25, -0.2) is 9.18 Å². The smallest absolute Gasteiger partial charge is 0.341 e. The van der Waals surface area contributed by atoms with Crippen LogP contribution in [0.1, 0.15) is 36.1 Å². The van der Waals surface area contributed by atoms with Gasteiger partial charge in [0.15, 0.2) is 17.1 Å². The van der Waals surface area contributed by atoms with Crippen molar-refractivity contribution in [2.24, 2.45) is 0 Å². The molecular formula is C26H24ClFN4O4S2. The van der Waals surface area contributed by atoms with Crippen molar-refractivity contribution in [3.8, 4) is 16.9 Å². The standard InChI is InChI=1S/C26H24ClFN4O4S2/c1-4-32-23(15(2)36-19-11-9-18(28)10-12-19)30-31-26(32)38-14-21(33)29-24-22(25(34)35-3)20(13-37-24)16-5-7-17(27)8-6-16/h5-13,15H,4,14H2,1-3H3,(H,29,33). The summed E-state index contributed by atoms with van der Waals surface area (Å²) in [6.45, 7) is 4.32. The van der Waals surface area contributed by atoms with Crippen molar-refractivity contribution in [2.75, 3.05) is 18.2 Å². The number of carbonyl (C=O) groups excluding carboxylic acids is 2. The number of methoxy groups -OCH3 is 1. The van der Waals surface area contributed by atoms with E-state index in [1.807, 2.05) is 18.4 Å². The summed E-state index contributed by atoms with van der Waals surface area (Å²) in [5, 5.41) is 14.6. The van der Waals surface area contributed by atoms with Gasteiger partial charge in [-0.3, -0.25) is 4.79 Å². The Kier molecular flexibility index (Phi) is 9.03. The third-order valence-electron chi connectivity index (χ3n) is 5.47. The van der Waals surface area contributed by atoms with E-state index in [4.69, 9.17) is 21.1 Å². The van der Waals surface area contributed by atoms with E-state index < -0.39 is 12.1 Å². The molecule has 0 aliphatic carbocycles. The maximum atomic E-state index is 13.2. The van der Waals surface area contributed by atoms with Gasteiger partial charge in [0.25, 0.3) is 0 Å². The van der Waals surface area contributed by atoms with E-state index in [1.165, 1.54) is 42.3 Å². The van der Waals surface area contributed by atoms with Crippen molar-refractivity contribution in [1.82, 2.24) is 14.8 Å². The number of benzene rings is 2. The number of ether oxygens (including phenoxy) is 2. The quantitative estimate of drug-likeness (QED) is 0.171. The molecule has 1 N–H and O–H groups in total. The third-order valence-corrected chi connectivity index (χ3v) is 7.59. The molecular weight excluding hydrogens is 551 g/mol. The van der Waals surface area contributed by atoms with Crippen LogP contribution in [-0.4, -0.2) is 39.5 Å². The van der Waals surface area contributed by atoms with Gasteiger partial charge >= 0.3 is 5.97 Å². The van der Waals surface area contributed by atoms with E-state index in [1.54, 1.807) is 41.8 Å². The van der Waals surface area contributed by atoms with E-state index in [0.29, 0.717) is 38.9 Å². The molecule has 0 radical (unpaired) electrons. The fraction of sp³-hybridized carbons (Fsp3) is 0.231. The number of thioether (sulfide) groups is 1. The van der Waals surface area contributed by atoms with Crippen molar-refractivity contribution >= 4 is 51.6 Å². The van der Waals surface area contributed by atoms with Gasteiger partial charge in [0.05, 0.1) is 12.9 Å². The van der Waals surface area contributed by atoms with Crippen LogP contribution in [0.2, 0.25) is 5.02 Å². The number of nitrogens with one attached hydrogen (secondary N) is 1. The highest BCUT2D eigenvalue weighted by Gasteiger charge is 2.23. The first-order chi connectivity index (χ1) is 18.3. The van der Waals surface area contributed by atoms with Gasteiger partial charge < -0.3 is 19.4 Å². The molecule has 38 heavy (non-hydrogen) atoms. The van der Waals surface area contributed by atoms with E-state index in [-0.39, 0.29) is 23.0 Å². The lowest BCUT2D eigenvalue weighted by Gasteiger charge is -2.15. The summed E-state index contributed by atoms with van der Waals surface area (Å²) >= 11 is 8.45. The fourth-order valence-electron chi connectivity index (χ4n) is 3.66. The van der Waals surface area contributed by atoms with Gasteiger partial charge in [-0.15, -0.1) is 21.5 Å². The number of halogens is 2. The predicted molar refractivity (Wildman–Crippen MR) is 147 cm³/mol. The van der Waals surface area contributed by atoms with Crippen LogP contribution < -0.4 is 10.1 Å². The van der Waals surface area contributed by atoms with Crippen molar-refractivity contribution in [3.05, 3.63) is 76.1 Å². The van der Waals surface area contributed by atoms with Crippen LogP contribution in [0.4, 0.5) is 9.39 Å². The first-order valence-electron chi connectivity index (χ1n) is 11.5. The molecule has 0 saturated heterocycles. The van der Waals surface area contributed by atoms with Crippen molar-refractivity contribution in [2.45, 2.75) is 31.7 Å². The third kappa shape index (κ3) is 6.35. The molecule has 12 heteroatoms. The average Bonchev–Trinajstić information content (AvgIpc) is 3.52. The average molecular weight is 575 g/mol. The molecule has 0 aliphatic heterocycles. The molecule has 2 aromatic heterocycles. The second-order valence-corrected chi connectivity index (χ2v) is 10.2. The van der Waals surface area contributed by atoms with Gasteiger partial charge in [0.1, 0.15) is 22.1 Å². The Morgan fingerprint density at radius 3 is 2.53 bits per heavy atom. The summed E-state index contributed by atoms with van der Waals surface area (Å²) in [4.78, 5) is 25.4. The van der Waals surface area contributed by atoms with Crippen LogP contribution in [0.5, 0.6) is 5.75 Å². The predicted octanol–water partition coefficient (Wildman–Crippen LogP) is 6.48. The molecule has 0 saturated carbocycles. The molecule has 4 rings (SSSR count). The summed E-state index contributed by atoms with van der Waals surface area (Å²) in [7, 11) is 1.29. The number of aromatic nitrogens is 3. The Morgan fingerprint density at radius 2 is 1.87 bits per heavy atom. The van der Waals surface area contributed by atoms with Crippen LogP contribution in [0, 0.1) is 5.82 Å². The van der Waals surface area contributed by atoms with E-state index in [2.05, 4.69) is 15.5 Å². The topological polar surface area (TPSA) is 95.3 Å². The number of hydrogen-bond donors (Lipinski definition) is 1. The summed E-state index contributed by atoms with van der Waals surface area (Å²) in [6, 6.07) is 12.8. The van der Waals surface area contributed by atoms with E-state index >= 15 is 0 Å².